The summed E-state index contributed by atoms with van der Waals surface area (Å²) in [5.41, 5.74) is 1.85. The number of allylic oxidation sites excluding steroid dienone is 2. The van der Waals surface area contributed by atoms with Gasteiger partial charge in [0.2, 0.25) is 0 Å². The highest BCUT2D eigenvalue weighted by molar-refractivity contribution is 5.94. The number of carbonyl (C=O) groups excluding carboxylic acids is 2. The molecule has 0 aromatic heterocycles. The Morgan fingerprint density at radius 1 is 0.833 bits per heavy atom. The molecular formula is C16H20O2. The fourth-order valence-electron chi connectivity index (χ4n) is 1.23. The summed E-state index contributed by atoms with van der Waals surface area (Å²) in [4.78, 5) is 21.7. The molecule has 0 heterocycles. The van der Waals surface area contributed by atoms with E-state index in [1.54, 1.807) is 12.2 Å². The third-order valence-electron chi connectivity index (χ3n) is 1.99. The molecule has 0 atom stereocenters. The average molecular weight is 244 g/mol. The largest absolute Gasteiger partial charge is 0.295 e. The second kappa shape index (κ2) is 9.11. The molecule has 0 fully saturated rings. The van der Waals surface area contributed by atoms with Gasteiger partial charge in [0.15, 0.2) is 11.6 Å². The van der Waals surface area contributed by atoms with Gasteiger partial charge in [-0.3, -0.25) is 9.59 Å². The first-order valence-corrected chi connectivity index (χ1v) is 6.06. The van der Waals surface area contributed by atoms with Gasteiger partial charge in [-0.1, -0.05) is 50.3 Å². The lowest BCUT2D eigenvalue weighted by atomic mass is 10.1. The minimum atomic E-state index is 0.00495. The summed E-state index contributed by atoms with van der Waals surface area (Å²) in [6.07, 6.45) is 6.53. The van der Waals surface area contributed by atoms with Crippen LogP contribution in [0.2, 0.25) is 0 Å². The molecule has 0 amide bonds. The smallest absolute Gasteiger partial charge is 0.152 e. The molecule has 0 aliphatic carbocycles. The molecule has 0 radical (unpaired) electrons. The molecule has 0 saturated heterocycles. The standard InChI is InChI=1S/C14H14O2.C2H6/c1-11(15)7-9-13-5-3-4-6-14(13)10-8-12(2)16;1-2/h3-10H,1-2H3;1-2H3. The van der Waals surface area contributed by atoms with Gasteiger partial charge in [0.25, 0.3) is 0 Å². The molecule has 0 spiro atoms. The lowest BCUT2D eigenvalue weighted by Crippen LogP contribution is -1.85. The van der Waals surface area contributed by atoms with E-state index >= 15 is 0 Å². The van der Waals surface area contributed by atoms with Crippen molar-refractivity contribution in [3.8, 4) is 0 Å². The predicted molar refractivity (Wildman–Crippen MR) is 77.2 cm³/mol. The summed E-state index contributed by atoms with van der Waals surface area (Å²) in [6.45, 7) is 7.01. The lowest BCUT2D eigenvalue weighted by Gasteiger charge is -1.99. The van der Waals surface area contributed by atoms with Gasteiger partial charge in [0.1, 0.15) is 0 Å². The van der Waals surface area contributed by atoms with Crippen molar-refractivity contribution in [1.29, 1.82) is 0 Å². The third-order valence-corrected chi connectivity index (χ3v) is 1.99. The summed E-state index contributed by atoms with van der Waals surface area (Å²) >= 11 is 0. The van der Waals surface area contributed by atoms with Crippen molar-refractivity contribution in [1.82, 2.24) is 0 Å². The molecule has 0 unspecified atom stereocenters. The molecule has 18 heavy (non-hydrogen) atoms. The van der Waals surface area contributed by atoms with Crippen molar-refractivity contribution in [2.24, 2.45) is 0 Å². The molecule has 0 bridgehead atoms. The summed E-state index contributed by atoms with van der Waals surface area (Å²) in [5, 5.41) is 0. The molecule has 2 nitrogen and oxygen atoms in total. The van der Waals surface area contributed by atoms with Gasteiger partial charge >= 0.3 is 0 Å². The molecule has 0 saturated carbocycles. The molecule has 0 aliphatic heterocycles. The second-order valence-corrected chi connectivity index (χ2v) is 3.52. The Hall–Kier alpha value is -1.96. The van der Waals surface area contributed by atoms with E-state index in [0.29, 0.717) is 0 Å². The van der Waals surface area contributed by atoms with Gasteiger partial charge in [-0.25, -0.2) is 0 Å². The zero-order valence-electron chi connectivity index (χ0n) is 11.4. The minimum absolute atomic E-state index is 0.00495. The van der Waals surface area contributed by atoms with E-state index in [9.17, 15) is 9.59 Å². The molecule has 1 aromatic carbocycles. The maximum Gasteiger partial charge on any atom is 0.152 e. The Balaban J connectivity index is 0.00000137. The van der Waals surface area contributed by atoms with Gasteiger partial charge < -0.3 is 0 Å². The zero-order chi connectivity index (χ0) is 14.0. The molecule has 0 N–H and O–H groups in total. The normalized spacial score (nSPS) is 10.2. The Morgan fingerprint density at radius 2 is 1.17 bits per heavy atom. The fourth-order valence-corrected chi connectivity index (χ4v) is 1.23. The summed E-state index contributed by atoms with van der Waals surface area (Å²) in [5.74, 6) is 0.00991. The van der Waals surface area contributed by atoms with E-state index in [0.717, 1.165) is 11.1 Å². The molecule has 96 valence electrons. The molecular weight excluding hydrogens is 224 g/mol. The first-order chi connectivity index (χ1) is 8.59. The SMILES string of the molecule is CC.CC(=O)C=Cc1ccccc1C=CC(C)=O. The highest BCUT2D eigenvalue weighted by Crippen LogP contribution is 2.12. The number of benzene rings is 1. The van der Waals surface area contributed by atoms with Crippen LogP contribution < -0.4 is 0 Å². The van der Waals surface area contributed by atoms with Crippen molar-refractivity contribution in [2.45, 2.75) is 27.7 Å². The van der Waals surface area contributed by atoms with Crippen LogP contribution in [0.25, 0.3) is 12.2 Å². The first-order valence-electron chi connectivity index (χ1n) is 6.06. The molecule has 0 aliphatic rings. The van der Waals surface area contributed by atoms with Crippen LogP contribution in [-0.4, -0.2) is 11.6 Å². The minimum Gasteiger partial charge on any atom is -0.295 e. The monoisotopic (exact) mass is 244 g/mol. The quantitative estimate of drug-likeness (QED) is 0.752. The highest BCUT2D eigenvalue weighted by atomic mass is 16.1. The maximum absolute atomic E-state index is 10.8. The van der Waals surface area contributed by atoms with Crippen molar-refractivity contribution in [3.63, 3.8) is 0 Å². The van der Waals surface area contributed by atoms with Crippen LogP contribution in [0.15, 0.2) is 36.4 Å². The molecule has 1 rings (SSSR count). The second-order valence-electron chi connectivity index (χ2n) is 3.52. The average Bonchev–Trinajstić information content (AvgIpc) is 2.37. The van der Waals surface area contributed by atoms with E-state index in [1.807, 2.05) is 38.1 Å². The summed E-state index contributed by atoms with van der Waals surface area (Å²) < 4.78 is 0. The Morgan fingerprint density at radius 3 is 1.44 bits per heavy atom. The zero-order valence-corrected chi connectivity index (χ0v) is 11.4. The van der Waals surface area contributed by atoms with E-state index in [-0.39, 0.29) is 11.6 Å². The molecule has 1 aromatic rings. The van der Waals surface area contributed by atoms with Crippen LogP contribution in [-0.2, 0) is 9.59 Å². The Labute approximate surface area is 109 Å². The topological polar surface area (TPSA) is 34.1 Å². The maximum atomic E-state index is 10.8. The van der Waals surface area contributed by atoms with Crippen molar-refractivity contribution in [3.05, 3.63) is 47.5 Å². The van der Waals surface area contributed by atoms with Gasteiger partial charge in [-0.15, -0.1) is 0 Å². The van der Waals surface area contributed by atoms with Gasteiger partial charge in [-0.2, -0.15) is 0 Å². The van der Waals surface area contributed by atoms with Crippen LogP contribution in [0.3, 0.4) is 0 Å². The number of ketones is 2. The third kappa shape index (κ3) is 6.59. The molecule has 2 heteroatoms. The van der Waals surface area contributed by atoms with Crippen molar-refractivity contribution in [2.75, 3.05) is 0 Å². The van der Waals surface area contributed by atoms with Crippen LogP contribution in [0.5, 0.6) is 0 Å². The summed E-state index contributed by atoms with van der Waals surface area (Å²) in [6, 6.07) is 7.59. The van der Waals surface area contributed by atoms with Gasteiger partial charge in [0.05, 0.1) is 0 Å². The number of carbonyl (C=O) groups is 2. The van der Waals surface area contributed by atoms with Gasteiger partial charge in [-0.05, 0) is 37.1 Å². The van der Waals surface area contributed by atoms with Crippen LogP contribution >= 0.6 is 0 Å². The first kappa shape index (κ1) is 16.0. The Kier molecular flexibility index (Phi) is 8.12. The highest BCUT2D eigenvalue weighted by Gasteiger charge is 1.95. The van der Waals surface area contributed by atoms with E-state index in [1.165, 1.54) is 26.0 Å². The van der Waals surface area contributed by atoms with E-state index in [4.69, 9.17) is 0 Å². The van der Waals surface area contributed by atoms with E-state index in [2.05, 4.69) is 0 Å². The Bertz CT molecular complexity index is 411. The van der Waals surface area contributed by atoms with Gasteiger partial charge in [0, 0.05) is 0 Å². The number of hydrogen-bond donors (Lipinski definition) is 0. The summed E-state index contributed by atoms with van der Waals surface area (Å²) in [7, 11) is 0. The lowest BCUT2D eigenvalue weighted by molar-refractivity contribution is -0.113. The predicted octanol–water partition coefficient (Wildman–Crippen LogP) is 3.92. The van der Waals surface area contributed by atoms with Crippen molar-refractivity contribution >= 4 is 23.7 Å². The van der Waals surface area contributed by atoms with E-state index < -0.39 is 0 Å². The van der Waals surface area contributed by atoms with Crippen molar-refractivity contribution < 1.29 is 9.59 Å². The fraction of sp³-hybridized carbons (Fsp3) is 0.250. The van der Waals surface area contributed by atoms with Crippen LogP contribution in [0, 0.1) is 0 Å². The van der Waals surface area contributed by atoms with Crippen LogP contribution in [0.4, 0.5) is 0 Å². The number of hydrogen-bond acceptors (Lipinski definition) is 2. The van der Waals surface area contributed by atoms with Crippen LogP contribution in [0.1, 0.15) is 38.8 Å². The number of rotatable bonds is 4.